The molecule has 0 aliphatic heterocycles. The molecule has 3 aromatic carbocycles. The van der Waals surface area contributed by atoms with Crippen molar-refractivity contribution in [3.8, 4) is 5.75 Å². The Morgan fingerprint density at radius 3 is 2.39 bits per heavy atom. The number of nitrogens with zero attached hydrogens (tertiary/aromatic N) is 2. The molecule has 1 amide bonds. The molecule has 0 unspecified atom stereocenters. The van der Waals surface area contributed by atoms with E-state index in [1.165, 1.54) is 30.5 Å². The number of benzene rings is 3. The van der Waals surface area contributed by atoms with E-state index in [9.17, 15) is 14.9 Å². The smallest absolute Gasteiger partial charge is 0.271 e. The summed E-state index contributed by atoms with van der Waals surface area (Å²) in [6.07, 6.45) is 1.52. The van der Waals surface area contributed by atoms with Crippen LogP contribution in [0.25, 0.3) is 0 Å². The third kappa shape index (κ3) is 6.37. The molecule has 10 heteroatoms. The van der Waals surface area contributed by atoms with Gasteiger partial charge in [0.05, 0.1) is 18.3 Å². The molecule has 3 aromatic rings. The van der Waals surface area contributed by atoms with Gasteiger partial charge in [-0.15, -0.1) is 0 Å². The van der Waals surface area contributed by atoms with Crippen molar-refractivity contribution in [2.24, 2.45) is 5.10 Å². The second kappa shape index (κ2) is 10.9. The lowest BCUT2D eigenvalue weighted by Crippen LogP contribution is -2.17. The largest absolute Gasteiger partial charge is 0.487 e. The summed E-state index contributed by atoms with van der Waals surface area (Å²) in [5.74, 6) is 0.281. The van der Waals surface area contributed by atoms with Crippen LogP contribution in [0, 0.1) is 17.3 Å². The van der Waals surface area contributed by atoms with Gasteiger partial charge in [-0.1, -0.05) is 29.8 Å². The van der Waals surface area contributed by atoms with Crippen molar-refractivity contribution < 1.29 is 14.5 Å². The maximum absolute atomic E-state index is 12.1. The maximum Gasteiger partial charge on any atom is 0.271 e. The summed E-state index contributed by atoms with van der Waals surface area (Å²) < 4.78 is 7.73. The number of hydrogen-bond donors (Lipinski definition) is 1. The van der Waals surface area contributed by atoms with Crippen molar-refractivity contribution in [1.29, 1.82) is 0 Å². The monoisotopic (exact) mass is 661 g/mol. The Labute approximate surface area is 210 Å². The number of carbonyl (C=O) groups excluding carboxylic acids is 1. The first-order valence-corrected chi connectivity index (χ1v) is 11.3. The Balaban J connectivity index is 1.64. The van der Waals surface area contributed by atoms with Gasteiger partial charge in [0.1, 0.15) is 12.4 Å². The van der Waals surface area contributed by atoms with Gasteiger partial charge in [-0.05, 0) is 81.1 Å². The van der Waals surface area contributed by atoms with E-state index in [0.717, 1.165) is 24.0 Å². The third-order valence-electron chi connectivity index (χ3n) is 4.07. The fourth-order valence-corrected chi connectivity index (χ4v) is 4.84. The zero-order chi connectivity index (χ0) is 22.4. The number of rotatable bonds is 7. The highest BCUT2D eigenvalue weighted by atomic mass is 127. The highest BCUT2D eigenvalue weighted by Crippen LogP contribution is 2.30. The fourth-order valence-electron chi connectivity index (χ4n) is 2.52. The third-order valence-corrected chi connectivity index (χ3v) is 6.04. The molecule has 158 valence electrons. The molecule has 0 heterocycles. The Kier molecular flexibility index (Phi) is 8.21. The van der Waals surface area contributed by atoms with Gasteiger partial charge in [-0.3, -0.25) is 14.9 Å². The molecule has 0 aliphatic rings. The van der Waals surface area contributed by atoms with Crippen LogP contribution in [0.1, 0.15) is 21.5 Å². The van der Waals surface area contributed by atoms with E-state index in [4.69, 9.17) is 16.3 Å². The molecular weight excluding hydrogens is 648 g/mol. The van der Waals surface area contributed by atoms with Crippen molar-refractivity contribution in [2.45, 2.75) is 6.61 Å². The van der Waals surface area contributed by atoms with E-state index in [2.05, 4.69) is 55.7 Å². The summed E-state index contributed by atoms with van der Waals surface area (Å²) in [6.45, 7) is 0.352. The van der Waals surface area contributed by atoms with Crippen molar-refractivity contribution in [3.63, 3.8) is 0 Å². The molecule has 0 aliphatic carbocycles. The molecule has 0 saturated heterocycles. The minimum atomic E-state index is -0.523. The second-order valence-corrected chi connectivity index (χ2v) is 8.93. The van der Waals surface area contributed by atoms with Gasteiger partial charge in [-0.2, -0.15) is 5.10 Å². The number of nitrogens with one attached hydrogen (secondary N) is 1. The number of carbonyl (C=O) groups is 1. The fraction of sp³-hybridized carbons (Fsp3) is 0.0476. The predicted octanol–water partition coefficient (Wildman–Crippen LogP) is 5.80. The molecular formula is C21H14ClI2N3O4. The highest BCUT2D eigenvalue weighted by Gasteiger charge is 2.11. The minimum Gasteiger partial charge on any atom is -0.487 e. The van der Waals surface area contributed by atoms with Gasteiger partial charge in [-0.25, -0.2) is 5.43 Å². The van der Waals surface area contributed by atoms with Crippen LogP contribution < -0.4 is 10.2 Å². The Morgan fingerprint density at radius 2 is 1.77 bits per heavy atom. The van der Waals surface area contributed by atoms with Gasteiger partial charge in [0.2, 0.25) is 0 Å². The number of halogens is 3. The molecule has 0 spiro atoms. The standard InChI is InChI=1S/C21H14ClI2N3O4/c22-17-4-2-1-3-15(17)12-31-20-18(23)9-13(10-19(20)24)11-25-26-21(28)14-5-7-16(8-6-14)27(29)30/h1-11H,12H2,(H,26,28). The summed E-state index contributed by atoms with van der Waals surface area (Å²) in [5, 5.41) is 15.3. The van der Waals surface area contributed by atoms with Crippen molar-refractivity contribution in [3.05, 3.63) is 99.6 Å². The van der Waals surface area contributed by atoms with Crippen LogP contribution in [0.2, 0.25) is 5.02 Å². The van der Waals surface area contributed by atoms with Gasteiger partial charge < -0.3 is 4.74 Å². The summed E-state index contributed by atoms with van der Waals surface area (Å²) in [7, 11) is 0. The van der Waals surface area contributed by atoms with Gasteiger partial charge >= 0.3 is 0 Å². The summed E-state index contributed by atoms with van der Waals surface area (Å²) >= 11 is 10.5. The quantitative estimate of drug-likeness (QED) is 0.150. The van der Waals surface area contributed by atoms with E-state index in [-0.39, 0.29) is 11.3 Å². The first kappa shape index (κ1) is 23.4. The first-order valence-electron chi connectivity index (χ1n) is 8.78. The lowest BCUT2D eigenvalue weighted by molar-refractivity contribution is -0.384. The predicted molar refractivity (Wildman–Crippen MR) is 136 cm³/mol. The number of ether oxygens (including phenoxy) is 1. The van der Waals surface area contributed by atoms with Gasteiger partial charge in [0.15, 0.2) is 0 Å². The van der Waals surface area contributed by atoms with Crippen molar-refractivity contribution in [1.82, 2.24) is 5.43 Å². The lowest BCUT2D eigenvalue weighted by atomic mass is 10.2. The molecule has 0 fully saturated rings. The van der Waals surface area contributed by atoms with Gasteiger partial charge in [0.25, 0.3) is 11.6 Å². The number of hydrazone groups is 1. The lowest BCUT2D eigenvalue weighted by Gasteiger charge is -2.12. The molecule has 0 bridgehead atoms. The molecule has 0 saturated carbocycles. The average Bonchev–Trinajstić information content (AvgIpc) is 2.74. The SMILES string of the molecule is O=C(NN=Cc1cc(I)c(OCc2ccccc2Cl)c(I)c1)c1ccc([N+](=O)[O-])cc1. The average molecular weight is 662 g/mol. The molecule has 0 atom stereocenters. The maximum atomic E-state index is 12.1. The number of amides is 1. The molecule has 3 rings (SSSR count). The van der Waals surface area contributed by atoms with Crippen LogP contribution in [0.4, 0.5) is 5.69 Å². The Morgan fingerprint density at radius 1 is 1.13 bits per heavy atom. The van der Waals surface area contributed by atoms with Crippen molar-refractivity contribution in [2.75, 3.05) is 0 Å². The normalized spacial score (nSPS) is 10.8. The topological polar surface area (TPSA) is 93.8 Å². The van der Waals surface area contributed by atoms with Crippen LogP contribution in [-0.2, 0) is 6.61 Å². The van der Waals surface area contributed by atoms with Gasteiger partial charge in [0, 0.05) is 28.3 Å². The van der Waals surface area contributed by atoms with Crippen LogP contribution in [0.3, 0.4) is 0 Å². The Hall–Kier alpha value is -2.25. The minimum absolute atomic E-state index is 0.0824. The second-order valence-electron chi connectivity index (χ2n) is 6.20. The van der Waals surface area contributed by atoms with E-state index in [1.54, 1.807) is 0 Å². The molecule has 31 heavy (non-hydrogen) atoms. The number of hydrogen-bond acceptors (Lipinski definition) is 5. The molecule has 0 aromatic heterocycles. The van der Waals surface area contributed by atoms with E-state index < -0.39 is 10.8 Å². The summed E-state index contributed by atoms with van der Waals surface area (Å²) in [6, 6.07) is 16.6. The molecule has 7 nitrogen and oxygen atoms in total. The van der Waals surface area contributed by atoms with Crippen molar-refractivity contribution >= 4 is 74.6 Å². The van der Waals surface area contributed by atoms with Crippen LogP contribution in [-0.4, -0.2) is 17.0 Å². The first-order chi connectivity index (χ1) is 14.8. The molecule has 1 N–H and O–H groups in total. The molecule has 0 radical (unpaired) electrons. The number of non-ortho nitro benzene ring substituents is 1. The number of nitro groups is 1. The highest BCUT2D eigenvalue weighted by molar-refractivity contribution is 14.1. The zero-order valence-electron chi connectivity index (χ0n) is 15.7. The zero-order valence-corrected chi connectivity index (χ0v) is 20.8. The van der Waals surface area contributed by atoms with Crippen LogP contribution >= 0.6 is 56.8 Å². The summed E-state index contributed by atoms with van der Waals surface area (Å²) in [5.41, 5.74) is 4.28. The van der Waals surface area contributed by atoms with E-state index in [1.807, 2.05) is 36.4 Å². The van der Waals surface area contributed by atoms with Crippen LogP contribution in [0.5, 0.6) is 5.75 Å². The number of nitro benzene ring substituents is 1. The van der Waals surface area contributed by atoms with E-state index >= 15 is 0 Å². The Bertz CT molecular complexity index is 1130. The van der Waals surface area contributed by atoms with E-state index in [0.29, 0.717) is 11.6 Å². The summed E-state index contributed by atoms with van der Waals surface area (Å²) in [4.78, 5) is 22.3. The van der Waals surface area contributed by atoms with Crippen LogP contribution in [0.15, 0.2) is 65.8 Å².